The van der Waals surface area contributed by atoms with Gasteiger partial charge in [-0.05, 0) is 42.9 Å². The summed E-state index contributed by atoms with van der Waals surface area (Å²) < 4.78 is 3.57. The van der Waals surface area contributed by atoms with Gasteiger partial charge in [0.1, 0.15) is 10.8 Å². The third-order valence-corrected chi connectivity index (χ3v) is 4.02. The highest BCUT2D eigenvalue weighted by molar-refractivity contribution is 7.99. The number of aromatic nitrogens is 6. The van der Waals surface area contributed by atoms with Crippen LogP contribution in [0.2, 0.25) is 6.82 Å². The van der Waals surface area contributed by atoms with E-state index in [1.165, 1.54) is 11.8 Å². The fraction of sp³-hybridized carbons (Fsp3) is 0.0769. The molecule has 0 aliphatic carbocycles. The maximum atomic E-state index is 9.35. The molecule has 0 saturated heterocycles. The van der Waals surface area contributed by atoms with Crippen molar-refractivity contribution >= 4 is 35.9 Å². The number of hydrogen-bond donors (Lipinski definition) is 2. The highest BCUT2D eigenvalue weighted by atomic mass is 32.2. The van der Waals surface area contributed by atoms with Gasteiger partial charge in [-0.15, -0.1) is 10.2 Å². The second kappa shape index (κ2) is 5.56. The first-order chi connectivity index (χ1) is 11.2. The molecule has 10 heteroatoms. The van der Waals surface area contributed by atoms with E-state index < -0.39 is 7.05 Å². The molecule has 0 radical (unpaired) electrons. The largest absolute Gasteiger partial charge is 0.433 e. The Balaban J connectivity index is 1.66. The second-order valence-corrected chi connectivity index (χ2v) is 5.92. The van der Waals surface area contributed by atoms with Crippen LogP contribution in [0.25, 0.3) is 11.3 Å². The summed E-state index contributed by atoms with van der Waals surface area (Å²) in [6, 6.07) is 9.50. The quantitative estimate of drug-likeness (QED) is 0.549. The highest BCUT2D eigenvalue weighted by Gasteiger charge is 2.11. The molecule has 114 valence electrons. The van der Waals surface area contributed by atoms with Crippen LogP contribution in [0.15, 0.2) is 52.9 Å². The van der Waals surface area contributed by atoms with Gasteiger partial charge >= 0.3 is 7.05 Å². The maximum Gasteiger partial charge on any atom is 0.408 e. The summed E-state index contributed by atoms with van der Waals surface area (Å²) in [7, 11) is -0.670. The SMILES string of the molecule is CB(O)Nc1cn2nc(Sc3nnc4ccccn34)ccc2n1. The third kappa shape index (κ3) is 2.73. The summed E-state index contributed by atoms with van der Waals surface area (Å²) in [6.07, 6.45) is 3.64. The van der Waals surface area contributed by atoms with Crippen molar-refractivity contribution in [3.63, 3.8) is 0 Å². The van der Waals surface area contributed by atoms with E-state index in [-0.39, 0.29) is 0 Å². The van der Waals surface area contributed by atoms with Crippen LogP contribution in [-0.2, 0) is 0 Å². The van der Waals surface area contributed by atoms with Gasteiger partial charge in [-0.2, -0.15) is 5.10 Å². The topological polar surface area (TPSA) is 92.6 Å². The average molecular weight is 325 g/mol. The van der Waals surface area contributed by atoms with E-state index in [9.17, 15) is 5.02 Å². The fourth-order valence-corrected chi connectivity index (χ4v) is 2.97. The van der Waals surface area contributed by atoms with Crippen LogP contribution < -0.4 is 5.23 Å². The summed E-state index contributed by atoms with van der Waals surface area (Å²) in [5.41, 5.74) is 1.49. The zero-order valence-corrected chi connectivity index (χ0v) is 13.0. The van der Waals surface area contributed by atoms with E-state index in [0.29, 0.717) is 11.5 Å². The Morgan fingerprint density at radius 3 is 2.96 bits per heavy atom. The Morgan fingerprint density at radius 2 is 2.09 bits per heavy atom. The van der Waals surface area contributed by atoms with Crippen LogP contribution in [0.3, 0.4) is 0 Å². The zero-order chi connectivity index (χ0) is 15.8. The Bertz CT molecular complexity index is 983. The number of rotatable bonds is 4. The lowest BCUT2D eigenvalue weighted by Crippen LogP contribution is -2.19. The minimum absolute atomic E-state index is 0.572. The molecule has 4 heterocycles. The molecule has 0 aliphatic rings. The molecule has 0 unspecified atom stereocenters. The molecule has 0 spiro atoms. The predicted octanol–water partition coefficient (Wildman–Crippen LogP) is 1.45. The van der Waals surface area contributed by atoms with E-state index in [2.05, 4.69) is 25.5 Å². The van der Waals surface area contributed by atoms with Crippen LogP contribution in [-0.4, -0.2) is 41.3 Å². The minimum atomic E-state index is -0.670. The molecule has 0 amide bonds. The van der Waals surface area contributed by atoms with E-state index in [4.69, 9.17) is 0 Å². The molecule has 4 aromatic heterocycles. The molecule has 2 N–H and O–H groups in total. The van der Waals surface area contributed by atoms with Crippen molar-refractivity contribution < 1.29 is 5.02 Å². The van der Waals surface area contributed by atoms with Crippen molar-refractivity contribution in [3.8, 4) is 0 Å². The summed E-state index contributed by atoms with van der Waals surface area (Å²) >= 11 is 1.42. The molecule has 23 heavy (non-hydrogen) atoms. The van der Waals surface area contributed by atoms with Crippen molar-refractivity contribution in [1.82, 2.24) is 29.2 Å². The first-order valence-electron chi connectivity index (χ1n) is 6.98. The highest BCUT2D eigenvalue weighted by Crippen LogP contribution is 2.25. The normalized spacial score (nSPS) is 11.2. The summed E-state index contributed by atoms with van der Waals surface area (Å²) in [4.78, 5) is 4.33. The van der Waals surface area contributed by atoms with Crippen LogP contribution in [0, 0.1) is 0 Å². The number of imidazole rings is 1. The van der Waals surface area contributed by atoms with Gasteiger partial charge in [0.15, 0.2) is 11.3 Å². The standard InChI is InChI=1S/C13H12BN7OS/c1-14(22)16-9-8-21-10(15-9)5-6-12(19-21)23-13-18-17-11-4-2-3-7-20(11)13/h2-8,16,22H,1H3. The van der Waals surface area contributed by atoms with Crippen molar-refractivity contribution in [2.24, 2.45) is 0 Å². The van der Waals surface area contributed by atoms with Gasteiger partial charge in [0.25, 0.3) is 0 Å². The molecule has 4 aromatic rings. The third-order valence-electron chi connectivity index (χ3n) is 3.13. The molecule has 0 aliphatic heterocycles. The van der Waals surface area contributed by atoms with Gasteiger partial charge in [0.05, 0.1) is 6.20 Å². The summed E-state index contributed by atoms with van der Waals surface area (Å²) in [5, 5.41) is 26.5. The van der Waals surface area contributed by atoms with Crippen molar-refractivity contribution in [2.45, 2.75) is 17.0 Å². The van der Waals surface area contributed by atoms with Crippen LogP contribution in [0.1, 0.15) is 0 Å². The minimum Gasteiger partial charge on any atom is -0.433 e. The molecule has 0 bridgehead atoms. The van der Waals surface area contributed by atoms with Gasteiger partial charge in [-0.1, -0.05) is 6.07 Å². The van der Waals surface area contributed by atoms with E-state index in [1.54, 1.807) is 17.5 Å². The van der Waals surface area contributed by atoms with Gasteiger partial charge in [-0.25, -0.2) is 9.50 Å². The maximum absolute atomic E-state index is 9.35. The van der Waals surface area contributed by atoms with E-state index in [1.807, 2.05) is 40.9 Å². The number of anilines is 1. The van der Waals surface area contributed by atoms with Crippen LogP contribution in [0.5, 0.6) is 0 Å². The lowest BCUT2D eigenvalue weighted by atomic mass is 9.89. The average Bonchev–Trinajstić information content (AvgIpc) is 3.10. The van der Waals surface area contributed by atoms with Crippen molar-refractivity contribution in [1.29, 1.82) is 0 Å². The predicted molar refractivity (Wildman–Crippen MR) is 87.6 cm³/mol. The Morgan fingerprint density at radius 1 is 1.17 bits per heavy atom. The summed E-state index contributed by atoms with van der Waals surface area (Å²) in [5.74, 6) is 0.572. The number of fused-ring (bicyclic) bond motifs is 2. The number of pyridine rings is 1. The second-order valence-electron chi connectivity index (χ2n) is 4.93. The van der Waals surface area contributed by atoms with Crippen LogP contribution in [0.4, 0.5) is 5.82 Å². The lowest BCUT2D eigenvalue weighted by molar-refractivity contribution is 0.586. The van der Waals surface area contributed by atoms with E-state index in [0.717, 1.165) is 15.8 Å². The molecule has 4 rings (SSSR count). The van der Waals surface area contributed by atoms with Crippen LogP contribution >= 0.6 is 11.8 Å². The molecule has 0 atom stereocenters. The van der Waals surface area contributed by atoms with E-state index >= 15 is 0 Å². The van der Waals surface area contributed by atoms with Gasteiger partial charge in [-0.3, -0.25) is 4.40 Å². The molecule has 0 saturated carbocycles. The molecule has 8 nitrogen and oxygen atoms in total. The molecule has 0 aromatic carbocycles. The van der Waals surface area contributed by atoms with Gasteiger partial charge < -0.3 is 10.3 Å². The van der Waals surface area contributed by atoms with Crippen molar-refractivity contribution in [2.75, 3.05) is 5.23 Å². The first-order valence-corrected chi connectivity index (χ1v) is 7.79. The molecule has 0 fully saturated rings. The Kier molecular flexibility index (Phi) is 3.39. The Labute approximate surface area is 135 Å². The number of hydrogen-bond acceptors (Lipinski definition) is 7. The molecular formula is C13H12BN7OS. The monoisotopic (exact) mass is 325 g/mol. The fourth-order valence-electron chi connectivity index (χ4n) is 2.19. The molecular weight excluding hydrogens is 313 g/mol. The van der Waals surface area contributed by atoms with Gasteiger partial charge in [0, 0.05) is 6.20 Å². The zero-order valence-electron chi connectivity index (χ0n) is 12.2. The Hall–Kier alpha value is -2.59. The van der Waals surface area contributed by atoms with Gasteiger partial charge in [0.2, 0.25) is 5.16 Å². The first kappa shape index (κ1) is 14.0. The van der Waals surface area contributed by atoms with Crippen molar-refractivity contribution in [3.05, 3.63) is 42.7 Å². The number of nitrogens with zero attached hydrogens (tertiary/aromatic N) is 6. The lowest BCUT2D eigenvalue weighted by Gasteiger charge is -2.00. The summed E-state index contributed by atoms with van der Waals surface area (Å²) in [6.45, 7) is 1.63. The smallest absolute Gasteiger partial charge is 0.408 e. The number of nitrogens with one attached hydrogen (secondary N) is 1.